The molecule has 1 rings (SSSR count). The van der Waals surface area contributed by atoms with E-state index in [1.807, 2.05) is 0 Å². The number of methoxy groups -OCH3 is 2. The Hall–Kier alpha value is -0.930. The van der Waals surface area contributed by atoms with E-state index in [2.05, 4.69) is 0 Å². The molecule has 4 heteroatoms. The number of hydrogen-bond donors (Lipinski definition) is 0. The third kappa shape index (κ3) is 2.79. The monoisotopic (exact) mass is 202 g/mol. The van der Waals surface area contributed by atoms with E-state index < -0.39 is 0 Å². The van der Waals surface area contributed by atoms with Crippen molar-refractivity contribution in [3.8, 4) is 11.5 Å². The van der Waals surface area contributed by atoms with Crippen LogP contribution in [0.15, 0.2) is 18.2 Å². The molecule has 0 unspecified atom stereocenters. The van der Waals surface area contributed by atoms with E-state index >= 15 is 0 Å². The molecule has 0 atom stereocenters. The second-order valence-electron chi connectivity index (χ2n) is 2.35. The van der Waals surface area contributed by atoms with Crippen LogP contribution in [-0.2, 0) is 4.74 Å². The first-order chi connectivity index (χ1) is 6.27. The topological polar surface area (TPSA) is 27.7 Å². The lowest BCUT2D eigenvalue weighted by Gasteiger charge is -2.07. The van der Waals surface area contributed by atoms with E-state index in [4.69, 9.17) is 25.8 Å². The maximum absolute atomic E-state index is 5.82. The molecule has 0 heterocycles. The predicted octanol–water partition coefficient (Wildman–Crippen LogP) is 2.33. The number of rotatable bonds is 4. The molecule has 0 N–H and O–H groups in total. The van der Waals surface area contributed by atoms with E-state index in [9.17, 15) is 0 Å². The van der Waals surface area contributed by atoms with Gasteiger partial charge in [0.2, 0.25) is 0 Å². The van der Waals surface area contributed by atoms with Gasteiger partial charge >= 0.3 is 0 Å². The van der Waals surface area contributed by atoms with Gasteiger partial charge in [-0.05, 0) is 12.1 Å². The van der Waals surface area contributed by atoms with Gasteiger partial charge in [-0.15, -0.1) is 0 Å². The third-order valence-corrected chi connectivity index (χ3v) is 1.78. The van der Waals surface area contributed by atoms with Gasteiger partial charge in [0, 0.05) is 13.2 Å². The molecular weight excluding hydrogens is 192 g/mol. The summed E-state index contributed by atoms with van der Waals surface area (Å²) in [6, 6.07) is 5.18. The Morgan fingerprint density at radius 3 is 2.69 bits per heavy atom. The van der Waals surface area contributed by atoms with Crippen molar-refractivity contribution in [1.82, 2.24) is 0 Å². The lowest BCUT2D eigenvalue weighted by Crippen LogP contribution is -1.98. The zero-order chi connectivity index (χ0) is 9.68. The summed E-state index contributed by atoms with van der Waals surface area (Å²) in [5, 5.41) is 0.562. The van der Waals surface area contributed by atoms with Crippen molar-refractivity contribution in [2.75, 3.05) is 21.0 Å². The highest BCUT2D eigenvalue weighted by Gasteiger charge is 2.01. The van der Waals surface area contributed by atoms with Crippen molar-refractivity contribution in [2.24, 2.45) is 0 Å². The van der Waals surface area contributed by atoms with Crippen molar-refractivity contribution in [3.63, 3.8) is 0 Å². The lowest BCUT2D eigenvalue weighted by molar-refractivity contribution is 0.0510. The Labute approximate surface area is 82.2 Å². The minimum atomic E-state index is 0.213. The Morgan fingerprint density at radius 2 is 2.08 bits per heavy atom. The highest BCUT2D eigenvalue weighted by Crippen LogP contribution is 2.28. The van der Waals surface area contributed by atoms with Crippen LogP contribution in [0.25, 0.3) is 0 Å². The average molecular weight is 203 g/mol. The normalized spacial score (nSPS) is 9.77. The molecule has 0 saturated heterocycles. The maximum atomic E-state index is 5.82. The van der Waals surface area contributed by atoms with E-state index in [-0.39, 0.29) is 6.79 Å². The fourth-order valence-corrected chi connectivity index (χ4v) is 1.05. The first-order valence-corrected chi connectivity index (χ1v) is 4.11. The van der Waals surface area contributed by atoms with E-state index in [0.717, 1.165) is 0 Å². The quantitative estimate of drug-likeness (QED) is 0.702. The van der Waals surface area contributed by atoms with Gasteiger partial charge in [0.1, 0.15) is 11.5 Å². The fraction of sp³-hybridized carbons (Fsp3) is 0.333. The van der Waals surface area contributed by atoms with Crippen molar-refractivity contribution >= 4 is 11.6 Å². The number of benzene rings is 1. The van der Waals surface area contributed by atoms with Gasteiger partial charge in [-0.3, -0.25) is 0 Å². The summed E-state index contributed by atoms with van der Waals surface area (Å²) in [5.74, 6) is 1.26. The molecule has 13 heavy (non-hydrogen) atoms. The van der Waals surface area contributed by atoms with Crippen LogP contribution >= 0.6 is 11.6 Å². The number of hydrogen-bond acceptors (Lipinski definition) is 3. The molecule has 0 spiro atoms. The van der Waals surface area contributed by atoms with E-state index in [1.165, 1.54) is 0 Å². The van der Waals surface area contributed by atoms with Gasteiger partial charge in [0.15, 0.2) is 6.79 Å². The van der Waals surface area contributed by atoms with Crippen LogP contribution in [0.4, 0.5) is 0 Å². The molecule has 0 aliphatic heterocycles. The van der Waals surface area contributed by atoms with Crippen molar-refractivity contribution < 1.29 is 14.2 Å². The van der Waals surface area contributed by atoms with Gasteiger partial charge in [-0.25, -0.2) is 0 Å². The molecule has 0 aliphatic carbocycles. The largest absolute Gasteiger partial charge is 0.495 e. The van der Waals surface area contributed by atoms with Crippen LogP contribution in [0.2, 0.25) is 5.02 Å². The summed E-state index contributed by atoms with van der Waals surface area (Å²) >= 11 is 5.82. The SMILES string of the molecule is COCOc1ccc(Cl)c(OC)c1. The highest BCUT2D eigenvalue weighted by molar-refractivity contribution is 6.32. The fourth-order valence-electron chi connectivity index (χ4n) is 0.857. The molecule has 0 fully saturated rings. The van der Waals surface area contributed by atoms with Crippen molar-refractivity contribution in [3.05, 3.63) is 23.2 Å². The van der Waals surface area contributed by atoms with Gasteiger partial charge in [0.25, 0.3) is 0 Å². The molecule has 0 bridgehead atoms. The van der Waals surface area contributed by atoms with Crippen LogP contribution in [0, 0.1) is 0 Å². The van der Waals surface area contributed by atoms with Gasteiger partial charge in [0.05, 0.1) is 12.1 Å². The predicted molar refractivity (Wildman–Crippen MR) is 50.5 cm³/mol. The van der Waals surface area contributed by atoms with E-state index in [0.29, 0.717) is 16.5 Å². The minimum absolute atomic E-state index is 0.213. The summed E-state index contributed by atoms with van der Waals surface area (Å²) in [6.07, 6.45) is 0. The molecule has 1 aromatic rings. The highest BCUT2D eigenvalue weighted by atomic mass is 35.5. The van der Waals surface area contributed by atoms with Gasteiger partial charge in [-0.1, -0.05) is 11.6 Å². The molecule has 0 saturated carbocycles. The summed E-state index contributed by atoms with van der Waals surface area (Å²) in [7, 11) is 3.12. The molecule has 0 radical (unpaired) electrons. The zero-order valence-corrected chi connectivity index (χ0v) is 8.30. The molecule has 0 amide bonds. The van der Waals surface area contributed by atoms with Gasteiger partial charge in [-0.2, -0.15) is 0 Å². The van der Waals surface area contributed by atoms with Crippen LogP contribution in [0.1, 0.15) is 0 Å². The molecule has 3 nitrogen and oxygen atoms in total. The first kappa shape index (κ1) is 10.2. The smallest absolute Gasteiger partial charge is 0.188 e. The molecule has 1 aromatic carbocycles. The minimum Gasteiger partial charge on any atom is -0.495 e. The van der Waals surface area contributed by atoms with Crippen molar-refractivity contribution in [1.29, 1.82) is 0 Å². The third-order valence-electron chi connectivity index (χ3n) is 1.47. The second kappa shape index (κ2) is 4.94. The van der Waals surface area contributed by atoms with Crippen LogP contribution in [-0.4, -0.2) is 21.0 Å². The molecule has 0 aromatic heterocycles. The Balaban J connectivity index is 2.74. The molecule has 72 valence electrons. The number of halogens is 1. The lowest BCUT2D eigenvalue weighted by atomic mass is 10.3. The average Bonchev–Trinajstić information content (AvgIpc) is 2.16. The first-order valence-electron chi connectivity index (χ1n) is 3.73. The summed E-state index contributed by atoms with van der Waals surface area (Å²) in [6.45, 7) is 0.213. The Morgan fingerprint density at radius 1 is 1.31 bits per heavy atom. The van der Waals surface area contributed by atoms with E-state index in [1.54, 1.807) is 32.4 Å². The second-order valence-corrected chi connectivity index (χ2v) is 2.75. The standard InChI is InChI=1S/C9H11ClO3/c1-11-6-13-7-3-4-8(10)9(5-7)12-2/h3-5H,6H2,1-2H3. The molecule has 0 aliphatic rings. The summed E-state index contributed by atoms with van der Waals surface area (Å²) in [4.78, 5) is 0. The Kier molecular flexibility index (Phi) is 3.86. The van der Waals surface area contributed by atoms with Crippen LogP contribution in [0.5, 0.6) is 11.5 Å². The maximum Gasteiger partial charge on any atom is 0.188 e. The van der Waals surface area contributed by atoms with Crippen LogP contribution < -0.4 is 9.47 Å². The summed E-state index contributed by atoms with van der Waals surface area (Å²) < 4.78 is 15.0. The van der Waals surface area contributed by atoms with Crippen molar-refractivity contribution in [2.45, 2.75) is 0 Å². The van der Waals surface area contributed by atoms with Crippen LogP contribution in [0.3, 0.4) is 0 Å². The molecular formula is C9H11ClO3. The Bertz CT molecular complexity index is 276. The zero-order valence-electron chi connectivity index (χ0n) is 7.54. The number of ether oxygens (including phenoxy) is 3. The summed E-state index contributed by atoms with van der Waals surface area (Å²) in [5.41, 5.74) is 0. The van der Waals surface area contributed by atoms with Gasteiger partial charge < -0.3 is 14.2 Å².